The maximum Gasteiger partial charge on any atom is 0.407 e. The number of halogens is 1. The minimum Gasteiger partial charge on any atom is -0.444 e. The van der Waals surface area contributed by atoms with Crippen LogP contribution in [0.5, 0.6) is 0 Å². The first-order valence-corrected chi connectivity index (χ1v) is 8.69. The summed E-state index contributed by atoms with van der Waals surface area (Å²) in [5.41, 5.74) is 0.152. The molecule has 130 valence electrons. The average molecular weight is 386 g/mol. The molecule has 1 aromatic carbocycles. The number of alkyl carbamates (subject to hydrolysis) is 1. The van der Waals surface area contributed by atoms with Crippen LogP contribution < -0.4 is 5.32 Å². The molecule has 5 heteroatoms. The third kappa shape index (κ3) is 6.51. The number of ether oxygens (including phenoxy) is 1. The number of aliphatic hydroxyl groups excluding tert-OH is 1. The van der Waals surface area contributed by atoms with Gasteiger partial charge in [0.1, 0.15) is 5.60 Å². The quantitative estimate of drug-likeness (QED) is 0.772. The first kappa shape index (κ1) is 20.0. The Labute approximate surface area is 147 Å². The van der Waals surface area contributed by atoms with Crippen LogP contribution in [0.15, 0.2) is 28.7 Å². The minimum atomic E-state index is -0.534. The predicted octanol–water partition coefficient (Wildman–Crippen LogP) is 4.15. The highest BCUT2D eigenvalue weighted by Crippen LogP contribution is 2.32. The third-order valence-corrected chi connectivity index (χ3v) is 4.46. The van der Waals surface area contributed by atoms with Crippen LogP contribution in [0.3, 0.4) is 0 Å². The number of nitrogens with one attached hydrogen (secondary N) is 1. The van der Waals surface area contributed by atoms with Crippen molar-refractivity contribution in [3.63, 3.8) is 0 Å². The number of amides is 1. The van der Waals surface area contributed by atoms with Crippen molar-refractivity contribution in [2.45, 2.75) is 46.6 Å². The first-order chi connectivity index (χ1) is 10.6. The zero-order valence-corrected chi connectivity index (χ0v) is 16.2. The van der Waals surface area contributed by atoms with E-state index in [1.165, 1.54) is 0 Å². The van der Waals surface area contributed by atoms with E-state index in [2.05, 4.69) is 35.1 Å². The van der Waals surface area contributed by atoms with Crippen molar-refractivity contribution in [3.8, 4) is 0 Å². The Morgan fingerprint density at radius 1 is 1.35 bits per heavy atom. The Balaban J connectivity index is 2.84. The van der Waals surface area contributed by atoms with Gasteiger partial charge in [-0.2, -0.15) is 0 Å². The van der Waals surface area contributed by atoms with E-state index in [1.807, 2.05) is 45.0 Å². The molecule has 0 spiro atoms. The van der Waals surface area contributed by atoms with Crippen LogP contribution in [0, 0.1) is 11.3 Å². The summed E-state index contributed by atoms with van der Waals surface area (Å²) < 4.78 is 6.29. The number of aliphatic hydroxyl groups is 1. The van der Waals surface area contributed by atoms with Crippen LogP contribution in [-0.4, -0.2) is 30.0 Å². The molecular formula is C18H28BrNO3. The molecule has 0 radical (unpaired) electrons. The average Bonchev–Trinajstić information content (AvgIpc) is 2.41. The van der Waals surface area contributed by atoms with Crippen LogP contribution in [0.1, 0.15) is 40.2 Å². The molecule has 0 saturated carbocycles. The van der Waals surface area contributed by atoms with Crippen LogP contribution in [-0.2, 0) is 11.2 Å². The fourth-order valence-corrected chi connectivity index (χ4v) is 2.83. The predicted molar refractivity (Wildman–Crippen MR) is 96.4 cm³/mol. The number of carbonyl (C=O) groups is 1. The Morgan fingerprint density at radius 2 is 2.00 bits per heavy atom. The number of carbonyl (C=O) groups excluding carboxylic acids is 1. The van der Waals surface area contributed by atoms with Gasteiger partial charge in [-0.25, -0.2) is 4.79 Å². The molecule has 0 saturated heterocycles. The smallest absolute Gasteiger partial charge is 0.407 e. The zero-order valence-electron chi connectivity index (χ0n) is 14.6. The van der Waals surface area contributed by atoms with Crippen molar-refractivity contribution in [1.29, 1.82) is 0 Å². The summed E-state index contributed by atoms with van der Waals surface area (Å²) in [4.78, 5) is 11.9. The van der Waals surface area contributed by atoms with Gasteiger partial charge in [0.2, 0.25) is 0 Å². The molecule has 1 atom stereocenters. The summed E-state index contributed by atoms with van der Waals surface area (Å²) in [6.07, 6.45) is 0.223. The normalized spacial score (nSPS) is 14.4. The number of benzene rings is 1. The molecular weight excluding hydrogens is 358 g/mol. The Hall–Kier alpha value is -1.07. The lowest BCUT2D eigenvalue weighted by Crippen LogP contribution is -2.46. The first-order valence-electron chi connectivity index (χ1n) is 7.90. The fraction of sp³-hybridized carbons (Fsp3) is 0.611. The van der Waals surface area contributed by atoms with E-state index in [1.54, 1.807) is 0 Å². The van der Waals surface area contributed by atoms with E-state index in [0.29, 0.717) is 13.0 Å². The van der Waals surface area contributed by atoms with Gasteiger partial charge in [0.05, 0.1) is 6.61 Å². The van der Waals surface area contributed by atoms with E-state index in [9.17, 15) is 9.90 Å². The van der Waals surface area contributed by atoms with Gasteiger partial charge < -0.3 is 15.2 Å². The molecule has 0 aromatic heterocycles. The summed E-state index contributed by atoms with van der Waals surface area (Å²) in [6, 6.07) is 8.02. The lowest BCUT2D eigenvalue weighted by atomic mass is 9.73. The molecule has 0 aliphatic carbocycles. The van der Waals surface area contributed by atoms with Crippen molar-refractivity contribution >= 4 is 22.0 Å². The van der Waals surface area contributed by atoms with Crippen molar-refractivity contribution in [1.82, 2.24) is 5.32 Å². The Bertz CT molecular complexity index is 525. The molecule has 1 rings (SSSR count). The van der Waals surface area contributed by atoms with Gasteiger partial charge in [-0.15, -0.1) is 0 Å². The second-order valence-electron chi connectivity index (χ2n) is 7.34. The van der Waals surface area contributed by atoms with Crippen LogP contribution in [0.25, 0.3) is 0 Å². The summed E-state index contributed by atoms with van der Waals surface area (Å²) in [7, 11) is 0. The Morgan fingerprint density at radius 3 is 2.48 bits per heavy atom. The highest BCUT2D eigenvalue weighted by Gasteiger charge is 2.34. The van der Waals surface area contributed by atoms with Gasteiger partial charge in [0.15, 0.2) is 0 Å². The molecule has 4 nitrogen and oxygen atoms in total. The standard InChI is InChI=1S/C18H28BrNO3/c1-13(2)18(12-21,10-14-7-6-8-15(19)9-14)11-20-16(22)23-17(3,4)5/h6-9,13,21H,10-12H2,1-5H3,(H,20,22). The molecule has 1 unspecified atom stereocenters. The lowest BCUT2D eigenvalue weighted by molar-refractivity contribution is 0.0394. The van der Waals surface area contributed by atoms with Crippen molar-refractivity contribution < 1.29 is 14.6 Å². The molecule has 0 aliphatic heterocycles. The topological polar surface area (TPSA) is 58.6 Å². The van der Waals surface area contributed by atoms with E-state index in [0.717, 1.165) is 10.0 Å². The number of hydrogen-bond donors (Lipinski definition) is 2. The second kappa shape index (κ2) is 8.15. The molecule has 1 aromatic rings. The van der Waals surface area contributed by atoms with Crippen molar-refractivity contribution in [2.24, 2.45) is 11.3 Å². The summed E-state index contributed by atoms with van der Waals surface area (Å²) >= 11 is 3.47. The number of rotatable bonds is 6. The zero-order chi connectivity index (χ0) is 17.7. The Kier molecular flexibility index (Phi) is 7.08. The van der Waals surface area contributed by atoms with E-state index < -0.39 is 17.1 Å². The van der Waals surface area contributed by atoms with Crippen LogP contribution in [0.2, 0.25) is 0 Å². The summed E-state index contributed by atoms with van der Waals surface area (Å²) in [6.45, 7) is 9.97. The van der Waals surface area contributed by atoms with Gasteiger partial charge in [-0.3, -0.25) is 0 Å². The number of hydrogen-bond acceptors (Lipinski definition) is 3. The molecule has 1 amide bonds. The monoisotopic (exact) mass is 385 g/mol. The molecule has 0 fully saturated rings. The van der Waals surface area contributed by atoms with Gasteiger partial charge in [0.25, 0.3) is 0 Å². The lowest BCUT2D eigenvalue weighted by Gasteiger charge is -2.36. The van der Waals surface area contributed by atoms with Gasteiger partial charge >= 0.3 is 6.09 Å². The highest BCUT2D eigenvalue weighted by atomic mass is 79.9. The maximum atomic E-state index is 11.9. The van der Waals surface area contributed by atoms with E-state index in [4.69, 9.17) is 4.74 Å². The van der Waals surface area contributed by atoms with Crippen LogP contribution in [0.4, 0.5) is 4.79 Å². The maximum absolute atomic E-state index is 11.9. The third-order valence-electron chi connectivity index (χ3n) is 3.97. The molecule has 23 heavy (non-hydrogen) atoms. The largest absolute Gasteiger partial charge is 0.444 e. The molecule has 0 heterocycles. The summed E-state index contributed by atoms with van der Waals surface area (Å²) in [5, 5.41) is 12.8. The van der Waals surface area contributed by atoms with Crippen LogP contribution >= 0.6 is 15.9 Å². The van der Waals surface area contributed by atoms with Crippen molar-refractivity contribution in [3.05, 3.63) is 34.3 Å². The minimum absolute atomic E-state index is 0.00697. The second-order valence-corrected chi connectivity index (χ2v) is 8.25. The highest BCUT2D eigenvalue weighted by molar-refractivity contribution is 9.10. The van der Waals surface area contributed by atoms with Gasteiger partial charge in [0, 0.05) is 16.4 Å². The van der Waals surface area contributed by atoms with E-state index in [-0.39, 0.29) is 12.5 Å². The summed E-state index contributed by atoms with van der Waals surface area (Å²) in [5.74, 6) is 0.196. The van der Waals surface area contributed by atoms with Crippen molar-refractivity contribution in [2.75, 3.05) is 13.2 Å². The molecule has 2 N–H and O–H groups in total. The SMILES string of the molecule is CC(C)C(CO)(CNC(=O)OC(C)(C)C)Cc1cccc(Br)c1. The molecule has 0 aliphatic rings. The van der Waals surface area contributed by atoms with Gasteiger partial charge in [-0.05, 0) is 50.8 Å². The molecule has 0 bridgehead atoms. The van der Waals surface area contributed by atoms with Gasteiger partial charge in [-0.1, -0.05) is 41.9 Å². The fourth-order valence-electron chi connectivity index (χ4n) is 2.38. The van der Waals surface area contributed by atoms with E-state index >= 15 is 0 Å².